The summed E-state index contributed by atoms with van der Waals surface area (Å²) in [7, 11) is 0. The van der Waals surface area contributed by atoms with E-state index >= 15 is 0 Å². The maximum atomic E-state index is 10.5. The topological polar surface area (TPSA) is 64.4 Å². The van der Waals surface area contributed by atoms with Crippen molar-refractivity contribution in [2.24, 2.45) is 5.92 Å². The minimum Gasteiger partial charge on any atom is -0.489 e. The molecule has 0 bridgehead atoms. The largest absolute Gasteiger partial charge is 0.489 e. The number of non-ortho nitro benzene ring substituents is 1. The lowest BCUT2D eigenvalue weighted by molar-refractivity contribution is -0.384. The van der Waals surface area contributed by atoms with Gasteiger partial charge in [-0.3, -0.25) is 10.1 Å². The van der Waals surface area contributed by atoms with Crippen molar-refractivity contribution in [3.8, 4) is 5.75 Å². The van der Waals surface area contributed by atoms with Crippen LogP contribution in [0.3, 0.4) is 0 Å². The first-order valence-corrected chi connectivity index (χ1v) is 5.78. The Balaban J connectivity index is 2.00. The van der Waals surface area contributed by atoms with Crippen LogP contribution in [0.4, 0.5) is 5.69 Å². The molecule has 1 saturated heterocycles. The predicted molar refractivity (Wildman–Crippen MR) is 64.2 cm³/mol. The highest BCUT2D eigenvalue weighted by Gasteiger charge is 2.22. The first kappa shape index (κ1) is 11.9. The third kappa shape index (κ3) is 2.94. The van der Waals surface area contributed by atoms with E-state index in [1.54, 1.807) is 12.1 Å². The van der Waals surface area contributed by atoms with Gasteiger partial charge in [-0.15, -0.1) is 0 Å². The van der Waals surface area contributed by atoms with Gasteiger partial charge in [0.25, 0.3) is 5.69 Å². The van der Waals surface area contributed by atoms with Crippen molar-refractivity contribution in [3.05, 3.63) is 34.4 Å². The molecule has 2 atom stereocenters. The van der Waals surface area contributed by atoms with Gasteiger partial charge in [-0.1, -0.05) is 6.92 Å². The van der Waals surface area contributed by atoms with E-state index in [9.17, 15) is 10.1 Å². The second-order valence-corrected chi connectivity index (χ2v) is 4.38. The molecule has 1 heterocycles. The Kier molecular flexibility index (Phi) is 3.58. The normalized spacial score (nSPS) is 24.3. The molecule has 1 aliphatic rings. The van der Waals surface area contributed by atoms with Gasteiger partial charge in [0.1, 0.15) is 11.9 Å². The maximum Gasteiger partial charge on any atom is 0.269 e. The number of nitrogens with zero attached hydrogens (tertiary/aromatic N) is 1. The van der Waals surface area contributed by atoms with Gasteiger partial charge in [0.05, 0.1) is 4.92 Å². The highest BCUT2D eigenvalue weighted by molar-refractivity contribution is 5.36. The number of nitrogens with one attached hydrogen (secondary N) is 1. The van der Waals surface area contributed by atoms with Gasteiger partial charge in [0.2, 0.25) is 0 Å². The van der Waals surface area contributed by atoms with E-state index in [2.05, 4.69) is 12.2 Å². The van der Waals surface area contributed by atoms with Crippen LogP contribution in [-0.4, -0.2) is 24.1 Å². The fourth-order valence-corrected chi connectivity index (χ4v) is 1.94. The van der Waals surface area contributed by atoms with Crippen molar-refractivity contribution in [3.63, 3.8) is 0 Å². The molecule has 2 unspecified atom stereocenters. The van der Waals surface area contributed by atoms with Crippen LogP contribution in [0.2, 0.25) is 0 Å². The Hall–Kier alpha value is -1.62. The van der Waals surface area contributed by atoms with Crippen LogP contribution in [0.1, 0.15) is 13.3 Å². The van der Waals surface area contributed by atoms with Crippen molar-refractivity contribution >= 4 is 5.69 Å². The molecule has 0 amide bonds. The zero-order valence-corrected chi connectivity index (χ0v) is 9.76. The average molecular weight is 236 g/mol. The summed E-state index contributed by atoms with van der Waals surface area (Å²) < 4.78 is 5.82. The summed E-state index contributed by atoms with van der Waals surface area (Å²) in [6.45, 7) is 4.02. The molecule has 0 aliphatic carbocycles. The summed E-state index contributed by atoms with van der Waals surface area (Å²) in [5.41, 5.74) is 0.0900. The lowest BCUT2D eigenvalue weighted by atomic mass is 9.97. The third-order valence-corrected chi connectivity index (χ3v) is 3.09. The van der Waals surface area contributed by atoms with Crippen LogP contribution < -0.4 is 10.1 Å². The molecule has 1 N–H and O–H groups in total. The molecule has 0 aromatic heterocycles. The highest BCUT2D eigenvalue weighted by atomic mass is 16.6. The van der Waals surface area contributed by atoms with Gasteiger partial charge in [-0.05, 0) is 31.0 Å². The summed E-state index contributed by atoms with van der Waals surface area (Å²) in [5.74, 6) is 1.20. The summed E-state index contributed by atoms with van der Waals surface area (Å²) in [4.78, 5) is 10.1. The van der Waals surface area contributed by atoms with Gasteiger partial charge in [-0.2, -0.15) is 0 Å². The molecule has 1 aromatic rings. The number of hydrogen-bond acceptors (Lipinski definition) is 4. The van der Waals surface area contributed by atoms with E-state index in [-0.39, 0.29) is 11.8 Å². The molecular formula is C12H16N2O3. The van der Waals surface area contributed by atoms with Crippen molar-refractivity contribution in [2.45, 2.75) is 19.4 Å². The number of hydrogen-bond donors (Lipinski definition) is 1. The van der Waals surface area contributed by atoms with Crippen molar-refractivity contribution in [1.29, 1.82) is 0 Å². The molecular weight excluding hydrogens is 220 g/mol. The molecule has 1 fully saturated rings. The molecule has 0 spiro atoms. The van der Waals surface area contributed by atoms with Crippen LogP contribution in [0, 0.1) is 16.0 Å². The number of benzene rings is 1. The van der Waals surface area contributed by atoms with Gasteiger partial charge in [0, 0.05) is 18.7 Å². The smallest absolute Gasteiger partial charge is 0.269 e. The molecule has 5 heteroatoms. The molecule has 0 saturated carbocycles. The quantitative estimate of drug-likeness (QED) is 0.643. The predicted octanol–water partition coefficient (Wildman–Crippen LogP) is 1.97. The lowest BCUT2D eigenvalue weighted by Gasteiger charge is -2.29. The summed E-state index contributed by atoms with van der Waals surface area (Å²) >= 11 is 0. The summed E-state index contributed by atoms with van der Waals surface area (Å²) in [5, 5.41) is 13.8. The third-order valence-electron chi connectivity index (χ3n) is 3.09. The first-order chi connectivity index (χ1) is 8.16. The van der Waals surface area contributed by atoms with Crippen molar-refractivity contribution in [1.82, 2.24) is 5.32 Å². The molecule has 1 aliphatic heterocycles. The molecule has 2 rings (SSSR count). The Morgan fingerprint density at radius 3 is 2.71 bits per heavy atom. The Morgan fingerprint density at radius 2 is 2.12 bits per heavy atom. The van der Waals surface area contributed by atoms with Crippen LogP contribution in [0.25, 0.3) is 0 Å². The number of piperidine rings is 1. The van der Waals surface area contributed by atoms with E-state index in [4.69, 9.17) is 4.74 Å². The van der Waals surface area contributed by atoms with Crippen LogP contribution in [0.5, 0.6) is 5.75 Å². The number of nitro benzene ring substituents is 1. The molecule has 17 heavy (non-hydrogen) atoms. The van der Waals surface area contributed by atoms with E-state index in [1.165, 1.54) is 12.1 Å². The van der Waals surface area contributed by atoms with Gasteiger partial charge >= 0.3 is 0 Å². The zero-order valence-electron chi connectivity index (χ0n) is 9.76. The van der Waals surface area contributed by atoms with E-state index < -0.39 is 4.92 Å². The number of ether oxygens (including phenoxy) is 1. The zero-order chi connectivity index (χ0) is 12.3. The van der Waals surface area contributed by atoms with E-state index in [0.717, 1.165) is 19.5 Å². The van der Waals surface area contributed by atoms with Gasteiger partial charge < -0.3 is 10.1 Å². The van der Waals surface area contributed by atoms with Crippen molar-refractivity contribution < 1.29 is 9.66 Å². The highest BCUT2D eigenvalue weighted by Crippen LogP contribution is 2.22. The fourth-order valence-electron chi connectivity index (χ4n) is 1.94. The first-order valence-electron chi connectivity index (χ1n) is 5.78. The van der Waals surface area contributed by atoms with Gasteiger partial charge in [0.15, 0.2) is 0 Å². The minimum atomic E-state index is -0.408. The van der Waals surface area contributed by atoms with E-state index in [1.807, 2.05) is 0 Å². The maximum absolute atomic E-state index is 10.5. The molecule has 5 nitrogen and oxygen atoms in total. The number of nitro groups is 1. The lowest BCUT2D eigenvalue weighted by Crippen LogP contribution is -2.42. The van der Waals surface area contributed by atoms with Gasteiger partial charge in [-0.25, -0.2) is 0 Å². The average Bonchev–Trinajstić information content (AvgIpc) is 2.33. The molecule has 1 aromatic carbocycles. The molecule has 92 valence electrons. The summed E-state index contributed by atoms with van der Waals surface area (Å²) in [6.07, 6.45) is 1.24. The second-order valence-electron chi connectivity index (χ2n) is 4.38. The second kappa shape index (κ2) is 5.14. The standard InChI is InChI=1S/C12H16N2O3/c1-9-6-7-13-8-12(9)17-11-4-2-10(3-5-11)14(15)16/h2-5,9,12-13H,6-8H2,1H3. The Morgan fingerprint density at radius 1 is 1.41 bits per heavy atom. The fraction of sp³-hybridized carbons (Fsp3) is 0.500. The number of rotatable bonds is 3. The summed E-state index contributed by atoms with van der Waals surface area (Å²) in [6, 6.07) is 6.24. The monoisotopic (exact) mass is 236 g/mol. The van der Waals surface area contributed by atoms with Crippen LogP contribution >= 0.6 is 0 Å². The van der Waals surface area contributed by atoms with Crippen LogP contribution in [-0.2, 0) is 0 Å². The molecule has 0 radical (unpaired) electrons. The SMILES string of the molecule is CC1CCNCC1Oc1ccc([N+](=O)[O-])cc1. The van der Waals surface area contributed by atoms with E-state index in [0.29, 0.717) is 11.7 Å². The van der Waals surface area contributed by atoms with Crippen LogP contribution in [0.15, 0.2) is 24.3 Å². The Labute approximate surface area is 99.9 Å². The van der Waals surface area contributed by atoms with Crippen molar-refractivity contribution in [2.75, 3.05) is 13.1 Å². The minimum absolute atomic E-state index is 0.0900. The Bertz CT molecular complexity index is 391.